The summed E-state index contributed by atoms with van der Waals surface area (Å²) in [6, 6.07) is 9.88. The maximum absolute atomic E-state index is 10.7. The van der Waals surface area contributed by atoms with Gasteiger partial charge < -0.3 is 4.90 Å². The number of hydrogen-bond acceptors (Lipinski definition) is 2. The number of hydrogen-bond donors (Lipinski definition) is 0. The van der Waals surface area contributed by atoms with Crippen molar-refractivity contribution >= 4 is 23.6 Å². The average molecular weight is 212 g/mol. The van der Waals surface area contributed by atoms with Crippen LogP contribution in [0.15, 0.2) is 30.3 Å². The Kier molecular flexibility index (Phi) is 3.96. The summed E-state index contributed by atoms with van der Waals surface area (Å²) in [7, 11) is 0. The predicted octanol–water partition coefficient (Wildman–Crippen LogP) is 2.67. The molecule has 14 heavy (non-hydrogen) atoms. The number of nitrogens with zero attached hydrogens (tertiary/aromatic N) is 1. The first kappa shape index (κ1) is 11.1. The standard InChI is InChI=1S/C11H14ClNO/c1-9(2)13(11(12)8-14)10-6-4-3-5-7-10/h3-9,11H,1-2H3. The number of benzene rings is 1. The molecule has 0 heterocycles. The van der Waals surface area contributed by atoms with Crippen LogP contribution < -0.4 is 4.90 Å². The fourth-order valence-electron chi connectivity index (χ4n) is 1.39. The van der Waals surface area contributed by atoms with E-state index >= 15 is 0 Å². The molecule has 1 unspecified atom stereocenters. The lowest BCUT2D eigenvalue weighted by Gasteiger charge is -2.30. The van der Waals surface area contributed by atoms with Gasteiger partial charge in [0, 0.05) is 11.7 Å². The molecule has 1 atom stereocenters. The van der Waals surface area contributed by atoms with Crippen molar-refractivity contribution in [2.24, 2.45) is 0 Å². The van der Waals surface area contributed by atoms with Crippen LogP contribution in [0.1, 0.15) is 13.8 Å². The lowest BCUT2D eigenvalue weighted by atomic mass is 10.2. The molecule has 0 aliphatic heterocycles. The van der Waals surface area contributed by atoms with Gasteiger partial charge >= 0.3 is 0 Å². The molecule has 3 heteroatoms. The Morgan fingerprint density at radius 1 is 1.29 bits per heavy atom. The number of halogens is 1. The summed E-state index contributed by atoms with van der Waals surface area (Å²) in [6.07, 6.45) is 0.745. The molecule has 0 N–H and O–H groups in total. The van der Waals surface area contributed by atoms with E-state index in [9.17, 15) is 4.79 Å². The zero-order valence-corrected chi connectivity index (χ0v) is 9.11. The zero-order valence-electron chi connectivity index (χ0n) is 8.35. The van der Waals surface area contributed by atoms with E-state index in [1.807, 2.05) is 49.1 Å². The summed E-state index contributed by atoms with van der Waals surface area (Å²) in [6.45, 7) is 4.01. The monoisotopic (exact) mass is 211 g/mol. The molecule has 0 amide bonds. The molecule has 0 spiro atoms. The van der Waals surface area contributed by atoms with Crippen molar-refractivity contribution < 1.29 is 4.79 Å². The second-order valence-electron chi connectivity index (χ2n) is 3.35. The van der Waals surface area contributed by atoms with E-state index in [0.29, 0.717) is 0 Å². The van der Waals surface area contributed by atoms with Crippen molar-refractivity contribution in [1.82, 2.24) is 0 Å². The van der Waals surface area contributed by atoms with E-state index in [4.69, 9.17) is 11.6 Å². The minimum atomic E-state index is -0.600. The van der Waals surface area contributed by atoms with Crippen LogP contribution in [0, 0.1) is 0 Å². The minimum absolute atomic E-state index is 0.199. The molecule has 1 rings (SSSR count). The lowest BCUT2D eigenvalue weighted by Crippen LogP contribution is -2.38. The van der Waals surface area contributed by atoms with Crippen LogP contribution in [0.25, 0.3) is 0 Å². The summed E-state index contributed by atoms with van der Waals surface area (Å²) >= 11 is 5.92. The van der Waals surface area contributed by atoms with Crippen molar-refractivity contribution in [3.05, 3.63) is 30.3 Å². The summed E-state index contributed by atoms with van der Waals surface area (Å²) in [5.74, 6) is 0. The Bertz CT molecular complexity index is 287. The van der Waals surface area contributed by atoms with E-state index < -0.39 is 5.50 Å². The van der Waals surface area contributed by atoms with Gasteiger partial charge in [-0.05, 0) is 26.0 Å². The third-order valence-electron chi connectivity index (χ3n) is 1.99. The summed E-state index contributed by atoms with van der Waals surface area (Å²) in [5.41, 5.74) is 0.368. The highest BCUT2D eigenvalue weighted by Gasteiger charge is 2.17. The van der Waals surface area contributed by atoms with Gasteiger partial charge in [0.05, 0.1) is 0 Å². The van der Waals surface area contributed by atoms with E-state index in [2.05, 4.69) is 0 Å². The molecule has 76 valence electrons. The third-order valence-corrected chi connectivity index (χ3v) is 2.30. The number of carbonyl (C=O) groups excluding carboxylic acids is 1. The van der Waals surface area contributed by atoms with E-state index in [1.54, 1.807) is 0 Å². The van der Waals surface area contributed by atoms with Crippen molar-refractivity contribution in [2.45, 2.75) is 25.4 Å². The molecular weight excluding hydrogens is 198 g/mol. The van der Waals surface area contributed by atoms with Gasteiger partial charge in [-0.3, -0.25) is 4.79 Å². The van der Waals surface area contributed by atoms with Gasteiger partial charge in [-0.1, -0.05) is 29.8 Å². The number of para-hydroxylation sites is 1. The van der Waals surface area contributed by atoms with Crippen LogP contribution in [-0.2, 0) is 4.79 Å². The molecule has 0 aromatic heterocycles. The van der Waals surface area contributed by atoms with Gasteiger partial charge in [-0.25, -0.2) is 0 Å². The first-order valence-electron chi connectivity index (χ1n) is 4.59. The second-order valence-corrected chi connectivity index (χ2v) is 3.79. The van der Waals surface area contributed by atoms with Crippen molar-refractivity contribution in [3.8, 4) is 0 Å². The molecular formula is C11H14ClNO. The molecule has 1 aromatic rings. The quantitative estimate of drug-likeness (QED) is 0.434. The fourth-order valence-corrected chi connectivity index (χ4v) is 1.73. The Hall–Kier alpha value is -1.02. The summed E-state index contributed by atoms with van der Waals surface area (Å²) < 4.78 is 0. The van der Waals surface area contributed by atoms with E-state index in [-0.39, 0.29) is 6.04 Å². The Balaban J connectivity index is 2.94. The van der Waals surface area contributed by atoms with Gasteiger partial charge in [0.15, 0.2) is 11.8 Å². The number of rotatable bonds is 4. The Labute approximate surface area is 89.5 Å². The maximum Gasteiger partial charge on any atom is 0.160 e. The van der Waals surface area contributed by atoms with Crippen LogP contribution in [0.5, 0.6) is 0 Å². The predicted molar refractivity (Wildman–Crippen MR) is 59.8 cm³/mol. The lowest BCUT2D eigenvalue weighted by molar-refractivity contribution is -0.107. The first-order chi connectivity index (χ1) is 6.66. The van der Waals surface area contributed by atoms with Crippen molar-refractivity contribution in [1.29, 1.82) is 0 Å². The molecule has 0 aliphatic rings. The van der Waals surface area contributed by atoms with Gasteiger partial charge in [0.2, 0.25) is 0 Å². The van der Waals surface area contributed by atoms with Crippen molar-refractivity contribution in [3.63, 3.8) is 0 Å². The number of aldehydes is 1. The van der Waals surface area contributed by atoms with Crippen LogP contribution in [0.3, 0.4) is 0 Å². The van der Waals surface area contributed by atoms with Gasteiger partial charge in [-0.2, -0.15) is 0 Å². The molecule has 0 bridgehead atoms. The van der Waals surface area contributed by atoms with Crippen LogP contribution in [0.4, 0.5) is 5.69 Å². The highest BCUT2D eigenvalue weighted by molar-refractivity contribution is 6.28. The molecule has 0 fully saturated rings. The number of anilines is 1. The minimum Gasteiger partial charge on any atom is -0.347 e. The fraction of sp³-hybridized carbons (Fsp3) is 0.364. The first-order valence-corrected chi connectivity index (χ1v) is 5.03. The summed E-state index contributed by atoms with van der Waals surface area (Å²) in [5, 5.41) is 0. The highest BCUT2D eigenvalue weighted by atomic mass is 35.5. The van der Waals surface area contributed by atoms with Crippen molar-refractivity contribution in [2.75, 3.05) is 4.90 Å². The van der Waals surface area contributed by atoms with Crippen LogP contribution >= 0.6 is 11.6 Å². The molecule has 0 saturated carbocycles. The molecule has 2 nitrogen and oxygen atoms in total. The molecule has 0 radical (unpaired) electrons. The molecule has 0 saturated heterocycles. The molecule has 0 aliphatic carbocycles. The Morgan fingerprint density at radius 3 is 2.29 bits per heavy atom. The highest BCUT2D eigenvalue weighted by Crippen LogP contribution is 2.20. The SMILES string of the molecule is CC(C)N(c1ccccc1)C(Cl)C=O. The van der Waals surface area contributed by atoms with E-state index in [1.165, 1.54) is 0 Å². The molecule has 1 aromatic carbocycles. The van der Waals surface area contributed by atoms with Gasteiger partial charge in [0.1, 0.15) is 0 Å². The number of alkyl halides is 1. The third kappa shape index (κ3) is 2.48. The summed E-state index contributed by atoms with van der Waals surface area (Å²) in [4.78, 5) is 12.5. The number of carbonyl (C=O) groups is 1. The smallest absolute Gasteiger partial charge is 0.160 e. The Morgan fingerprint density at radius 2 is 1.86 bits per heavy atom. The van der Waals surface area contributed by atoms with Crippen LogP contribution in [-0.4, -0.2) is 17.8 Å². The maximum atomic E-state index is 10.7. The van der Waals surface area contributed by atoms with Gasteiger partial charge in [-0.15, -0.1) is 0 Å². The van der Waals surface area contributed by atoms with Crippen LogP contribution in [0.2, 0.25) is 0 Å². The van der Waals surface area contributed by atoms with E-state index in [0.717, 1.165) is 12.0 Å². The normalized spacial score (nSPS) is 12.6. The van der Waals surface area contributed by atoms with Gasteiger partial charge in [0.25, 0.3) is 0 Å². The average Bonchev–Trinajstić information content (AvgIpc) is 2.19. The largest absolute Gasteiger partial charge is 0.347 e. The second kappa shape index (κ2) is 5.01. The topological polar surface area (TPSA) is 20.3 Å². The zero-order chi connectivity index (χ0) is 10.6.